The van der Waals surface area contributed by atoms with Crippen LogP contribution in [0.25, 0.3) is 0 Å². The minimum atomic E-state index is -0.915. The summed E-state index contributed by atoms with van der Waals surface area (Å²) in [6.45, 7) is 5.11. The van der Waals surface area contributed by atoms with E-state index in [1.54, 1.807) is 69.3 Å². The maximum atomic E-state index is 12.7. The van der Waals surface area contributed by atoms with Crippen LogP contribution in [-0.4, -0.2) is 40.9 Å². The first-order chi connectivity index (χ1) is 13.2. The van der Waals surface area contributed by atoms with Gasteiger partial charge in [0.2, 0.25) is 0 Å². The van der Waals surface area contributed by atoms with Gasteiger partial charge in [0.05, 0.1) is 23.3 Å². The Labute approximate surface area is 168 Å². The third-order valence-electron chi connectivity index (χ3n) is 4.57. The first kappa shape index (κ1) is 20.0. The van der Waals surface area contributed by atoms with Crippen molar-refractivity contribution in [2.75, 3.05) is 11.9 Å². The summed E-state index contributed by atoms with van der Waals surface area (Å²) in [5, 5.41) is 3.31. The third-order valence-corrected chi connectivity index (χ3v) is 4.82. The molecule has 146 valence electrons. The number of nitrogens with zero attached hydrogens (tertiary/aromatic N) is 1. The van der Waals surface area contributed by atoms with Crippen molar-refractivity contribution in [3.63, 3.8) is 0 Å². The Morgan fingerprint density at radius 1 is 1.07 bits per heavy atom. The largest absolute Gasteiger partial charge is 0.366 e. The van der Waals surface area contributed by atoms with Gasteiger partial charge in [0.25, 0.3) is 17.7 Å². The Bertz CT molecular complexity index is 889. The molecule has 1 heterocycles. The molecular formula is C21H21ClN2O4. The molecule has 0 fully saturated rings. The summed E-state index contributed by atoms with van der Waals surface area (Å²) in [5.41, 5.74) is 0.454. The molecule has 0 bridgehead atoms. The molecule has 0 aliphatic carbocycles. The topological polar surface area (TPSA) is 75.7 Å². The van der Waals surface area contributed by atoms with Crippen LogP contribution in [0.5, 0.6) is 0 Å². The van der Waals surface area contributed by atoms with Crippen molar-refractivity contribution in [1.82, 2.24) is 4.90 Å². The van der Waals surface area contributed by atoms with Gasteiger partial charge in [-0.2, -0.15) is 0 Å². The van der Waals surface area contributed by atoms with E-state index < -0.39 is 11.6 Å². The first-order valence-electron chi connectivity index (χ1n) is 8.86. The molecule has 0 saturated heterocycles. The van der Waals surface area contributed by atoms with Crippen molar-refractivity contribution in [3.8, 4) is 0 Å². The van der Waals surface area contributed by atoms with Gasteiger partial charge in [-0.25, -0.2) is 0 Å². The number of hydrogen-bond acceptors (Lipinski definition) is 4. The first-order valence-corrected chi connectivity index (χ1v) is 9.24. The molecule has 3 rings (SSSR count). The van der Waals surface area contributed by atoms with Gasteiger partial charge in [0.1, 0.15) is 6.10 Å². The number of nitrogens with one attached hydrogen (secondary N) is 1. The van der Waals surface area contributed by atoms with E-state index in [1.165, 1.54) is 4.90 Å². The summed E-state index contributed by atoms with van der Waals surface area (Å²) in [6, 6.07) is 13.4. The summed E-state index contributed by atoms with van der Waals surface area (Å²) in [4.78, 5) is 38.8. The van der Waals surface area contributed by atoms with Crippen molar-refractivity contribution in [3.05, 3.63) is 64.7 Å². The van der Waals surface area contributed by atoms with E-state index >= 15 is 0 Å². The Balaban J connectivity index is 1.63. The van der Waals surface area contributed by atoms with Crippen molar-refractivity contribution in [2.24, 2.45) is 0 Å². The summed E-state index contributed by atoms with van der Waals surface area (Å²) < 4.78 is 5.69. The average Bonchev–Trinajstić information content (AvgIpc) is 2.93. The lowest BCUT2D eigenvalue weighted by molar-refractivity contribution is -0.128. The Kier molecular flexibility index (Phi) is 5.54. The van der Waals surface area contributed by atoms with E-state index in [0.717, 1.165) is 0 Å². The molecular weight excluding hydrogens is 380 g/mol. The molecule has 1 atom stereocenters. The lowest BCUT2D eigenvalue weighted by atomic mass is 10.0. The molecule has 0 spiro atoms. The quantitative estimate of drug-likeness (QED) is 0.749. The SMILES string of the molecule is CC(OCC(C)(C)N1C(=O)c2ccccc2C1=O)C(=O)Nc1ccc(Cl)cc1. The predicted octanol–water partition coefficient (Wildman–Crippen LogP) is 3.76. The molecule has 1 aliphatic rings. The second-order valence-corrected chi connectivity index (χ2v) is 7.69. The zero-order valence-corrected chi connectivity index (χ0v) is 16.6. The number of ether oxygens (including phenoxy) is 1. The monoisotopic (exact) mass is 400 g/mol. The number of carbonyl (C=O) groups is 3. The molecule has 0 aromatic heterocycles. The molecule has 1 N–H and O–H groups in total. The third kappa shape index (κ3) is 3.93. The Morgan fingerprint density at radius 2 is 1.61 bits per heavy atom. The highest BCUT2D eigenvalue weighted by Crippen LogP contribution is 2.29. The molecule has 2 aromatic carbocycles. The number of rotatable bonds is 6. The van der Waals surface area contributed by atoms with Crippen LogP contribution in [0, 0.1) is 0 Å². The van der Waals surface area contributed by atoms with Gasteiger partial charge in [-0.15, -0.1) is 0 Å². The van der Waals surface area contributed by atoms with E-state index in [2.05, 4.69) is 5.32 Å². The second kappa shape index (κ2) is 7.73. The number of imide groups is 1. The van der Waals surface area contributed by atoms with Crippen LogP contribution in [0.4, 0.5) is 5.69 Å². The smallest absolute Gasteiger partial charge is 0.262 e. The van der Waals surface area contributed by atoms with E-state index in [-0.39, 0.29) is 24.3 Å². The van der Waals surface area contributed by atoms with Crippen molar-refractivity contribution in [1.29, 1.82) is 0 Å². The fraction of sp³-hybridized carbons (Fsp3) is 0.286. The van der Waals surface area contributed by atoms with Crippen LogP contribution in [0.3, 0.4) is 0 Å². The number of fused-ring (bicyclic) bond motifs is 1. The highest BCUT2D eigenvalue weighted by Gasteiger charge is 2.44. The minimum absolute atomic E-state index is 0.0215. The number of carbonyl (C=O) groups excluding carboxylic acids is 3. The fourth-order valence-electron chi connectivity index (χ4n) is 2.99. The zero-order chi connectivity index (χ0) is 20.5. The molecule has 3 amide bonds. The van der Waals surface area contributed by atoms with Crippen LogP contribution in [0.15, 0.2) is 48.5 Å². The Morgan fingerprint density at radius 3 is 2.14 bits per heavy atom. The van der Waals surface area contributed by atoms with Crippen molar-refractivity contribution < 1.29 is 19.1 Å². The van der Waals surface area contributed by atoms with Crippen molar-refractivity contribution in [2.45, 2.75) is 32.4 Å². The lowest BCUT2D eigenvalue weighted by Gasteiger charge is -2.34. The number of anilines is 1. The fourth-order valence-corrected chi connectivity index (χ4v) is 3.11. The van der Waals surface area contributed by atoms with Crippen molar-refractivity contribution >= 4 is 35.0 Å². The highest BCUT2D eigenvalue weighted by molar-refractivity contribution is 6.30. The van der Waals surface area contributed by atoms with Gasteiger partial charge in [-0.3, -0.25) is 19.3 Å². The summed E-state index contributed by atoms with van der Waals surface area (Å²) in [5.74, 6) is -1.04. The maximum absolute atomic E-state index is 12.7. The summed E-state index contributed by atoms with van der Waals surface area (Å²) >= 11 is 5.83. The molecule has 0 saturated carbocycles. The van der Waals surface area contributed by atoms with Crippen LogP contribution in [0.1, 0.15) is 41.5 Å². The van der Waals surface area contributed by atoms with E-state index in [1.807, 2.05) is 0 Å². The number of amides is 3. The maximum Gasteiger partial charge on any atom is 0.262 e. The molecule has 1 unspecified atom stereocenters. The summed E-state index contributed by atoms with van der Waals surface area (Å²) in [7, 11) is 0. The van der Waals surface area contributed by atoms with Gasteiger partial charge in [0.15, 0.2) is 0 Å². The molecule has 1 aliphatic heterocycles. The van der Waals surface area contributed by atoms with Gasteiger partial charge in [0, 0.05) is 10.7 Å². The van der Waals surface area contributed by atoms with Crippen LogP contribution >= 0.6 is 11.6 Å². The molecule has 28 heavy (non-hydrogen) atoms. The molecule has 2 aromatic rings. The molecule has 6 nitrogen and oxygen atoms in total. The van der Waals surface area contributed by atoms with Gasteiger partial charge >= 0.3 is 0 Å². The molecule has 0 radical (unpaired) electrons. The van der Waals surface area contributed by atoms with E-state index in [0.29, 0.717) is 21.8 Å². The van der Waals surface area contributed by atoms with Gasteiger partial charge < -0.3 is 10.1 Å². The van der Waals surface area contributed by atoms with Crippen LogP contribution in [0.2, 0.25) is 5.02 Å². The van der Waals surface area contributed by atoms with Gasteiger partial charge in [-0.1, -0.05) is 23.7 Å². The predicted molar refractivity (Wildman–Crippen MR) is 107 cm³/mol. The second-order valence-electron chi connectivity index (χ2n) is 7.25. The summed E-state index contributed by atoms with van der Waals surface area (Å²) in [6.07, 6.45) is -0.773. The van der Waals surface area contributed by atoms with E-state index in [4.69, 9.17) is 16.3 Å². The number of benzene rings is 2. The van der Waals surface area contributed by atoms with Crippen LogP contribution in [-0.2, 0) is 9.53 Å². The standard InChI is InChI=1S/C21H21ClN2O4/c1-13(18(25)23-15-10-8-14(22)9-11-15)28-12-21(2,3)24-19(26)16-6-4-5-7-17(16)20(24)27/h4-11,13H,12H2,1-3H3,(H,23,25). The minimum Gasteiger partial charge on any atom is -0.366 e. The average molecular weight is 401 g/mol. The lowest BCUT2D eigenvalue weighted by Crippen LogP contribution is -2.51. The normalized spacial score (nSPS) is 14.8. The highest BCUT2D eigenvalue weighted by atomic mass is 35.5. The van der Waals surface area contributed by atoms with Crippen LogP contribution < -0.4 is 5.32 Å². The van der Waals surface area contributed by atoms with E-state index in [9.17, 15) is 14.4 Å². The van der Waals surface area contributed by atoms with Gasteiger partial charge in [-0.05, 0) is 57.2 Å². The Hall–Kier alpha value is -2.70. The number of hydrogen-bond donors (Lipinski definition) is 1. The molecule has 7 heteroatoms. The number of halogens is 1. The zero-order valence-electron chi connectivity index (χ0n) is 15.9.